The number of hydrogen-bond acceptors (Lipinski definition) is 3. The molecule has 1 atom stereocenters. The lowest BCUT2D eigenvalue weighted by Gasteiger charge is -2.23. The van der Waals surface area contributed by atoms with E-state index in [1.54, 1.807) is 0 Å². The minimum Gasteiger partial charge on any atom is -0.439 e. The van der Waals surface area contributed by atoms with E-state index in [0.29, 0.717) is 0 Å². The molecule has 0 radical (unpaired) electrons. The molecular formula is C14H17BrN2O. The fraction of sp³-hybridized carbons (Fsp3) is 0.500. The molecule has 2 heterocycles. The van der Waals surface area contributed by atoms with Crippen molar-refractivity contribution in [2.24, 2.45) is 0 Å². The van der Waals surface area contributed by atoms with Gasteiger partial charge in [0, 0.05) is 6.54 Å². The lowest BCUT2D eigenvalue weighted by atomic mass is 9.82. The molecule has 96 valence electrons. The molecule has 1 aliphatic heterocycles. The molecular weight excluding hydrogens is 292 g/mol. The van der Waals surface area contributed by atoms with Gasteiger partial charge in [0.25, 0.3) is 0 Å². The van der Waals surface area contributed by atoms with E-state index in [9.17, 15) is 0 Å². The molecule has 1 saturated heterocycles. The first kappa shape index (κ1) is 12.2. The van der Waals surface area contributed by atoms with E-state index in [0.717, 1.165) is 53.8 Å². The van der Waals surface area contributed by atoms with Crippen LogP contribution in [0.1, 0.15) is 32.1 Å². The van der Waals surface area contributed by atoms with Gasteiger partial charge in [-0.2, -0.15) is 0 Å². The third-order valence-electron chi connectivity index (χ3n) is 3.79. The van der Waals surface area contributed by atoms with Crippen LogP contribution in [0.4, 0.5) is 0 Å². The van der Waals surface area contributed by atoms with Crippen molar-refractivity contribution in [1.82, 2.24) is 10.3 Å². The molecule has 1 unspecified atom stereocenters. The number of benzene rings is 1. The topological polar surface area (TPSA) is 38.1 Å². The van der Waals surface area contributed by atoms with Gasteiger partial charge in [-0.15, -0.1) is 0 Å². The first-order valence-electron chi connectivity index (χ1n) is 6.51. The Kier molecular flexibility index (Phi) is 3.16. The zero-order valence-electron chi connectivity index (χ0n) is 10.5. The van der Waals surface area contributed by atoms with Gasteiger partial charge >= 0.3 is 0 Å². The number of nitrogens with zero attached hydrogens (tertiary/aromatic N) is 1. The summed E-state index contributed by atoms with van der Waals surface area (Å²) in [6.07, 6.45) is 3.40. The molecule has 1 aliphatic rings. The van der Waals surface area contributed by atoms with E-state index in [1.165, 1.54) is 0 Å². The zero-order chi connectivity index (χ0) is 12.6. The van der Waals surface area contributed by atoms with Gasteiger partial charge in [-0.3, -0.25) is 0 Å². The van der Waals surface area contributed by atoms with Crippen molar-refractivity contribution in [1.29, 1.82) is 0 Å². The minimum atomic E-state index is 0.0905. The van der Waals surface area contributed by atoms with Gasteiger partial charge in [-0.1, -0.05) is 19.4 Å². The lowest BCUT2D eigenvalue weighted by molar-refractivity contribution is 0.330. The van der Waals surface area contributed by atoms with Crippen molar-refractivity contribution < 1.29 is 4.42 Å². The van der Waals surface area contributed by atoms with E-state index in [4.69, 9.17) is 9.40 Å². The quantitative estimate of drug-likeness (QED) is 0.941. The van der Waals surface area contributed by atoms with E-state index in [2.05, 4.69) is 28.2 Å². The Morgan fingerprint density at radius 3 is 3.06 bits per heavy atom. The fourth-order valence-electron chi connectivity index (χ4n) is 2.87. The maximum absolute atomic E-state index is 6.04. The van der Waals surface area contributed by atoms with Crippen LogP contribution in [0, 0.1) is 0 Å². The number of halogens is 1. The summed E-state index contributed by atoms with van der Waals surface area (Å²) < 4.78 is 7.02. The molecule has 1 N–H and O–H groups in total. The molecule has 18 heavy (non-hydrogen) atoms. The van der Waals surface area contributed by atoms with Gasteiger partial charge in [0.05, 0.1) is 9.89 Å². The van der Waals surface area contributed by atoms with E-state index < -0.39 is 0 Å². The van der Waals surface area contributed by atoms with Crippen molar-refractivity contribution in [2.45, 2.75) is 31.6 Å². The third-order valence-corrected chi connectivity index (χ3v) is 4.42. The summed E-state index contributed by atoms with van der Waals surface area (Å²) in [6.45, 7) is 4.25. The standard InChI is InChI=1S/C14H17BrN2O/c1-2-6-14(7-8-16-9-14)13-17-11-5-3-4-10(15)12(11)18-13/h3-5,16H,2,6-9H2,1H3. The SMILES string of the molecule is CCCC1(c2nc3cccc(Br)c3o2)CCNC1. The second kappa shape index (κ2) is 4.67. The highest BCUT2D eigenvalue weighted by atomic mass is 79.9. The van der Waals surface area contributed by atoms with Crippen LogP contribution in [0.15, 0.2) is 27.1 Å². The van der Waals surface area contributed by atoms with Crippen molar-refractivity contribution >= 4 is 27.0 Å². The first-order chi connectivity index (χ1) is 8.75. The summed E-state index contributed by atoms with van der Waals surface area (Å²) in [5, 5.41) is 3.44. The number of fused-ring (bicyclic) bond motifs is 1. The second-order valence-electron chi connectivity index (χ2n) is 5.06. The summed E-state index contributed by atoms with van der Waals surface area (Å²) in [7, 11) is 0. The van der Waals surface area contributed by atoms with Crippen LogP contribution in [0.5, 0.6) is 0 Å². The molecule has 1 aromatic carbocycles. The van der Waals surface area contributed by atoms with E-state index in [1.807, 2.05) is 18.2 Å². The highest BCUT2D eigenvalue weighted by molar-refractivity contribution is 9.10. The fourth-order valence-corrected chi connectivity index (χ4v) is 3.30. The van der Waals surface area contributed by atoms with Gasteiger partial charge < -0.3 is 9.73 Å². The van der Waals surface area contributed by atoms with Gasteiger partial charge in [0.15, 0.2) is 5.58 Å². The first-order valence-corrected chi connectivity index (χ1v) is 7.31. The van der Waals surface area contributed by atoms with Gasteiger partial charge in [-0.25, -0.2) is 4.98 Å². The highest BCUT2D eigenvalue weighted by Gasteiger charge is 2.39. The number of aromatic nitrogens is 1. The van der Waals surface area contributed by atoms with Crippen LogP contribution < -0.4 is 5.32 Å². The van der Waals surface area contributed by atoms with Gasteiger partial charge in [0.1, 0.15) is 5.52 Å². The Morgan fingerprint density at radius 2 is 2.39 bits per heavy atom. The van der Waals surface area contributed by atoms with Crippen LogP contribution >= 0.6 is 15.9 Å². The summed E-state index contributed by atoms with van der Waals surface area (Å²) in [5.74, 6) is 0.899. The van der Waals surface area contributed by atoms with Crippen molar-refractivity contribution in [2.75, 3.05) is 13.1 Å². The molecule has 0 amide bonds. The van der Waals surface area contributed by atoms with Crippen molar-refractivity contribution in [3.8, 4) is 0 Å². The van der Waals surface area contributed by atoms with Crippen LogP contribution in [0.3, 0.4) is 0 Å². The predicted octanol–water partition coefficient (Wildman–Crippen LogP) is 3.62. The number of nitrogens with one attached hydrogen (secondary N) is 1. The molecule has 4 heteroatoms. The number of hydrogen-bond donors (Lipinski definition) is 1. The van der Waals surface area contributed by atoms with Crippen molar-refractivity contribution in [3.05, 3.63) is 28.6 Å². The largest absolute Gasteiger partial charge is 0.439 e. The smallest absolute Gasteiger partial charge is 0.203 e. The Hall–Kier alpha value is -0.870. The predicted molar refractivity (Wildman–Crippen MR) is 75.8 cm³/mol. The summed E-state index contributed by atoms with van der Waals surface area (Å²) in [4.78, 5) is 4.71. The molecule has 3 rings (SSSR count). The average Bonchev–Trinajstić information content (AvgIpc) is 2.97. The number of para-hydroxylation sites is 1. The normalized spacial score (nSPS) is 23.9. The molecule has 1 aromatic heterocycles. The maximum atomic E-state index is 6.04. The summed E-state index contributed by atoms with van der Waals surface area (Å²) >= 11 is 3.53. The Labute approximate surface area is 115 Å². The Balaban J connectivity index is 2.09. The summed E-state index contributed by atoms with van der Waals surface area (Å²) in [6, 6.07) is 6.00. The second-order valence-corrected chi connectivity index (χ2v) is 5.92. The molecule has 0 spiro atoms. The van der Waals surface area contributed by atoms with Crippen molar-refractivity contribution in [3.63, 3.8) is 0 Å². The molecule has 0 aliphatic carbocycles. The van der Waals surface area contributed by atoms with Gasteiger partial charge in [0.2, 0.25) is 5.89 Å². The molecule has 1 fully saturated rings. The molecule has 3 nitrogen and oxygen atoms in total. The Bertz CT molecular complexity index is 558. The Morgan fingerprint density at radius 1 is 1.50 bits per heavy atom. The van der Waals surface area contributed by atoms with E-state index >= 15 is 0 Å². The van der Waals surface area contributed by atoms with Crippen LogP contribution in [-0.4, -0.2) is 18.1 Å². The average molecular weight is 309 g/mol. The number of oxazole rings is 1. The summed E-state index contributed by atoms with van der Waals surface area (Å²) in [5.41, 5.74) is 1.91. The van der Waals surface area contributed by atoms with E-state index in [-0.39, 0.29) is 5.41 Å². The number of rotatable bonds is 3. The monoisotopic (exact) mass is 308 g/mol. The van der Waals surface area contributed by atoms with Crippen LogP contribution in [0.25, 0.3) is 11.1 Å². The van der Waals surface area contributed by atoms with Gasteiger partial charge in [-0.05, 0) is 47.4 Å². The molecule has 0 bridgehead atoms. The van der Waals surface area contributed by atoms with Crippen LogP contribution in [-0.2, 0) is 5.41 Å². The third kappa shape index (κ3) is 1.88. The molecule has 0 saturated carbocycles. The zero-order valence-corrected chi connectivity index (χ0v) is 12.1. The highest BCUT2D eigenvalue weighted by Crippen LogP contribution is 2.37. The minimum absolute atomic E-state index is 0.0905. The molecule has 2 aromatic rings. The van der Waals surface area contributed by atoms with Crippen LogP contribution in [0.2, 0.25) is 0 Å². The lowest BCUT2D eigenvalue weighted by Crippen LogP contribution is -2.29. The maximum Gasteiger partial charge on any atom is 0.203 e.